The molecule has 23 heavy (non-hydrogen) atoms. The monoisotopic (exact) mass is 325 g/mol. The predicted octanol–water partition coefficient (Wildman–Crippen LogP) is 3.38. The van der Waals surface area contributed by atoms with E-state index in [1.165, 1.54) is 17.8 Å². The molecule has 1 aliphatic carbocycles. The smallest absolute Gasteiger partial charge is 0.275 e. The number of amides is 1. The van der Waals surface area contributed by atoms with Crippen LogP contribution >= 0.6 is 11.3 Å². The third-order valence-corrected chi connectivity index (χ3v) is 4.84. The molecule has 1 amide bonds. The first kappa shape index (κ1) is 14.1. The number of thiazole rings is 1. The summed E-state index contributed by atoms with van der Waals surface area (Å²) >= 11 is 1.43. The van der Waals surface area contributed by atoms with E-state index in [0.717, 1.165) is 23.4 Å². The summed E-state index contributed by atoms with van der Waals surface area (Å²) in [4.78, 5) is 20.8. The van der Waals surface area contributed by atoms with Crippen LogP contribution in [0.2, 0.25) is 0 Å². The number of hydrogen-bond donors (Lipinski definition) is 1. The molecule has 0 aromatic carbocycles. The molecule has 1 N–H and O–H groups in total. The van der Waals surface area contributed by atoms with Gasteiger partial charge in [0.1, 0.15) is 10.7 Å². The molecule has 0 spiro atoms. The standard InChI is InChI=1S/C16H15N5OS/c22-15(19-12-8-18-21(9-12)13-4-1-5-13)14-10-23-16(20-14)11-3-2-6-17-7-11/h2-3,6-10,13H,1,4-5H2,(H,19,22). The van der Waals surface area contributed by atoms with Gasteiger partial charge in [0, 0.05) is 29.5 Å². The second kappa shape index (κ2) is 5.92. The van der Waals surface area contributed by atoms with E-state index >= 15 is 0 Å². The van der Waals surface area contributed by atoms with Gasteiger partial charge in [-0.05, 0) is 31.4 Å². The van der Waals surface area contributed by atoms with Crippen molar-refractivity contribution < 1.29 is 4.79 Å². The molecule has 6 nitrogen and oxygen atoms in total. The van der Waals surface area contributed by atoms with Crippen molar-refractivity contribution in [1.82, 2.24) is 19.7 Å². The first-order chi connectivity index (χ1) is 11.3. The molecule has 0 radical (unpaired) electrons. The van der Waals surface area contributed by atoms with E-state index in [2.05, 4.69) is 20.4 Å². The van der Waals surface area contributed by atoms with Crippen molar-refractivity contribution >= 4 is 22.9 Å². The molecule has 3 aromatic rings. The van der Waals surface area contributed by atoms with Gasteiger partial charge in [0.25, 0.3) is 5.91 Å². The normalized spacial score (nSPS) is 14.4. The Morgan fingerprint density at radius 3 is 3.00 bits per heavy atom. The van der Waals surface area contributed by atoms with E-state index in [4.69, 9.17) is 0 Å². The van der Waals surface area contributed by atoms with E-state index in [9.17, 15) is 4.79 Å². The highest BCUT2D eigenvalue weighted by molar-refractivity contribution is 7.13. The minimum atomic E-state index is -0.218. The third-order valence-electron chi connectivity index (χ3n) is 3.95. The Bertz CT molecular complexity index is 822. The maximum atomic E-state index is 12.3. The van der Waals surface area contributed by atoms with E-state index in [1.807, 2.05) is 23.0 Å². The number of pyridine rings is 1. The van der Waals surface area contributed by atoms with Gasteiger partial charge in [-0.1, -0.05) is 0 Å². The largest absolute Gasteiger partial charge is 0.318 e. The van der Waals surface area contributed by atoms with Crippen molar-refractivity contribution in [1.29, 1.82) is 0 Å². The molecule has 1 saturated carbocycles. The molecule has 0 saturated heterocycles. The summed E-state index contributed by atoms with van der Waals surface area (Å²) < 4.78 is 1.93. The van der Waals surface area contributed by atoms with Gasteiger partial charge < -0.3 is 5.32 Å². The van der Waals surface area contributed by atoms with Crippen LogP contribution in [0.25, 0.3) is 10.6 Å². The van der Waals surface area contributed by atoms with Gasteiger partial charge in [0.05, 0.1) is 17.9 Å². The number of hydrogen-bond acceptors (Lipinski definition) is 5. The van der Waals surface area contributed by atoms with Crippen LogP contribution in [-0.4, -0.2) is 25.7 Å². The van der Waals surface area contributed by atoms with E-state index < -0.39 is 0 Å². The quantitative estimate of drug-likeness (QED) is 0.798. The predicted molar refractivity (Wildman–Crippen MR) is 88.4 cm³/mol. The van der Waals surface area contributed by atoms with Crippen LogP contribution in [0.3, 0.4) is 0 Å². The fourth-order valence-electron chi connectivity index (χ4n) is 2.45. The van der Waals surface area contributed by atoms with Crippen LogP contribution in [0.4, 0.5) is 5.69 Å². The topological polar surface area (TPSA) is 72.7 Å². The molecule has 4 rings (SSSR count). The first-order valence-electron chi connectivity index (χ1n) is 7.51. The molecule has 0 aliphatic heterocycles. The number of rotatable bonds is 4. The van der Waals surface area contributed by atoms with Crippen LogP contribution in [0, 0.1) is 0 Å². The molecule has 116 valence electrons. The number of anilines is 1. The van der Waals surface area contributed by atoms with Crippen molar-refractivity contribution in [3.8, 4) is 10.6 Å². The Hall–Kier alpha value is -2.54. The Morgan fingerprint density at radius 1 is 1.35 bits per heavy atom. The Kier molecular flexibility index (Phi) is 3.63. The first-order valence-corrected chi connectivity index (χ1v) is 8.39. The number of carbonyl (C=O) groups is 1. The van der Waals surface area contributed by atoms with Crippen molar-refractivity contribution in [2.24, 2.45) is 0 Å². The van der Waals surface area contributed by atoms with Crippen LogP contribution < -0.4 is 5.32 Å². The Morgan fingerprint density at radius 2 is 2.26 bits per heavy atom. The fourth-order valence-corrected chi connectivity index (χ4v) is 3.24. The summed E-state index contributed by atoms with van der Waals surface area (Å²) in [7, 11) is 0. The Balaban J connectivity index is 1.47. The van der Waals surface area contributed by atoms with E-state index in [1.54, 1.807) is 24.0 Å². The molecule has 0 unspecified atom stereocenters. The van der Waals surface area contributed by atoms with Crippen molar-refractivity contribution in [2.75, 3.05) is 5.32 Å². The zero-order valence-corrected chi connectivity index (χ0v) is 13.2. The lowest BCUT2D eigenvalue weighted by Gasteiger charge is -2.25. The molecule has 3 aromatic heterocycles. The number of nitrogens with zero attached hydrogens (tertiary/aromatic N) is 4. The molecule has 1 aliphatic rings. The second-order valence-corrected chi connectivity index (χ2v) is 6.39. The maximum Gasteiger partial charge on any atom is 0.275 e. The van der Waals surface area contributed by atoms with Gasteiger partial charge in [0.15, 0.2) is 0 Å². The highest BCUT2D eigenvalue weighted by Gasteiger charge is 2.20. The second-order valence-electron chi connectivity index (χ2n) is 5.53. The summed E-state index contributed by atoms with van der Waals surface area (Å²) in [6.07, 6.45) is 10.6. The van der Waals surface area contributed by atoms with Gasteiger partial charge in [-0.2, -0.15) is 5.10 Å². The lowest BCUT2D eigenvalue weighted by atomic mass is 9.93. The number of carbonyl (C=O) groups excluding carboxylic acids is 1. The van der Waals surface area contributed by atoms with Gasteiger partial charge >= 0.3 is 0 Å². The molecular formula is C16H15N5OS. The van der Waals surface area contributed by atoms with Gasteiger partial charge in [-0.25, -0.2) is 4.98 Å². The zero-order chi connectivity index (χ0) is 15.6. The highest BCUT2D eigenvalue weighted by Crippen LogP contribution is 2.31. The van der Waals surface area contributed by atoms with Crippen LogP contribution in [0.1, 0.15) is 35.8 Å². The highest BCUT2D eigenvalue weighted by atomic mass is 32.1. The van der Waals surface area contributed by atoms with Gasteiger partial charge in [0.2, 0.25) is 0 Å². The van der Waals surface area contributed by atoms with Crippen LogP contribution in [0.5, 0.6) is 0 Å². The van der Waals surface area contributed by atoms with Crippen LogP contribution in [0.15, 0.2) is 42.3 Å². The average Bonchev–Trinajstić information content (AvgIpc) is 3.16. The van der Waals surface area contributed by atoms with Crippen LogP contribution in [-0.2, 0) is 0 Å². The average molecular weight is 325 g/mol. The third kappa shape index (κ3) is 2.87. The van der Waals surface area contributed by atoms with Crippen molar-refractivity contribution in [3.05, 3.63) is 48.0 Å². The Labute approximate surface area is 137 Å². The number of nitrogens with one attached hydrogen (secondary N) is 1. The van der Waals surface area contributed by atoms with E-state index in [0.29, 0.717) is 17.4 Å². The molecular weight excluding hydrogens is 310 g/mol. The molecule has 7 heteroatoms. The van der Waals surface area contributed by atoms with Gasteiger partial charge in [-0.3, -0.25) is 14.5 Å². The molecule has 1 fully saturated rings. The van der Waals surface area contributed by atoms with E-state index in [-0.39, 0.29) is 5.91 Å². The lowest BCUT2D eigenvalue weighted by molar-refractivity contribution is 0.102. The lowest BCUT2D eigenvalue weighted by Crippen LogP contribution is -2.17. The van der Waals surface area contributed by atoms with Crippen molar-refractivity contribution in [2.45, 2.75) is 25.3 Å². The fraction of sp³-hybridized carbons (Fsp3) is 0.250. The minimum Gasteiger partial charge on any atom is -0.318 e. The molecule has 0 bridgehead atoms. The summed E-state index contributed by atoms with van der Waals surface area (Å²) in [6.45, 7) is 0. The SMILES string of the molecule is O=C(Nc1cnn(C2CCC2)c1)c1csc(-c2cccnc2)n1. The summed E-state index contributed by atoms with van der Waals surface area (Å²) in [5.74, 6) is -0.218. The molecule has 0 atom stereocenters. The summed E-state index contributed by atoms with van der Waals surface area (Å²) in [5, 5.41) is 9.71. The molecule has 3 heterocycles. The summed E-state index contributed by atoms with van der Waals surface area (Å²) in [6, 6.07) is 4.26. The maximum absolute atomic E-state index is 12.3. The zero-order valence-electron chi connectivity index (χ0n) is 12.3. The van der Waals surface area contributed by atoms with Gasteiger partial charge in [-0.15, -0.1) is 11.3 Å². The summed E-state index contributed by atoms with van der Waals surface area (Å²) in [5.41, 5.74) is 2.03. The minimum absolute atomic E-state index is 0.218. The number of aromatic nitrogens is 4. The van der Waals surface area contributed by atoms with Crippen molar-refractivity contribution in [3.63, 3.8) is 0 Å².